The number of nitro groups is 1. The Kier molecular flexibility index (Phi) is 6.31. The number of benzene rings is 2. The van der Waals surface area contributed by atoms with E-state index in [1.807, 2.05) is 0 Å². The molecular weight excluding hydrogens is 414 g/mol. The Hall–Kier alpha value is -3.46. The summed E-state index contributed by atoms with van der Waals surface area (Å²) in [4.78, 5) is 48.5. The number of carbonyl (C=O) groups is 3. The lowest BCUT2D eigenvalue weighted by molar-refractivity contribution is -0.385. The van der Waals surface area contributed by atoms with Crippen LogP contribution in [0, 0.1) is 23.0 Å². The summed E-state index contributed by atoms with van der Waals surface area (Å²) in [6.45, 7) is 1.09. The minimum Gasteiger partial charge on any atom is -0.455 e. The smallest absolute Gasteiger partial charge is 0.311 e. The SMILES string of the molecule is Cc1ccc(N2C[C@H](C(=O)OCC(=O)Nc3ccccc3Cl)CC2=O)cc1[N+](=O)[O-]. The molecule has 10 heteroatoms. The van der Waals surface area contributed by atoms with Crippen LogP contribution >= 0.6 is 11.6 Å². The second-order valence-electron chi connectivity index (χ2n) is 6.77. The normalized spacial score (nSPS) is 15.7. The van der Waals surface area contributed by atoms with Gasteiger partial charge in [0.25, 0.3) is 11.6 Å². The number of para-hydroxylation sites is 1. The summed E-state index contributed by atoms with van der Waals surface area (Å²) in [7, 11) is 0. The van der Waals surface area contributed by atoms with Crippen LogP contribution in [0.3, 0.4) is 0 Å². The molecule has 1 saturated heterocycles. The highest BCUT2D eigenvalue weighted by Crippen LogP contribution is 2.30. The molecule has 0 aliphatic carbocycles. The molecule has 1 atom stereocenters. The van der Waals surface area contributed by atoms with Crippen LogP contribution < -0.4 is 10.2 Å². The van der Waals surface area contributed by atoms with E-state index in [1.165, 1.54) is 11.0 Å². The number of carbonyl (C=O) groups excluding carboxylic acids is 3. The Labute approximate surface area is 176 Å². The maximum atomic E-state index is 12.3. The van der Waals surface area contributed by atoms with Gasteiger partial charge in [0.2, 0.25) is 5.91 Å². The second kappa shape index (κ2) is 8.91. The number of ether oxygens (including phenoxy) is 1. The quantitative estimate of drug-likeness (QED) is 0.426. The molecule has 30 heavy (non-hydrogen) atoms. The number of hydrogen-bond donors (Lipinski definition) is 1. The van der Waals surface area contributed by atoms with Gasteiger partial charge in [-0.05, 0) is 25.1 Å². The van der Waals surface area contributed by atoms with E-state index >= 15 is 0 Å². The fourth-order valence-electron chi connectivity index (χ4n) is 3.08. The van der Waals surface area contributed by atoms with E-state index in [1.54, 1.807) is 43.3 Å². The van der Waals surface area contributed by atoms with Crippen molar-refractivity contribution in [2.24, 2.45) is 5.92 Å². The van der Waals surface area contributed by atoms with Crippen LogP contribution in [0.4, 0.5) is 17.1 Å². The Morgan fingerprint density at radius 2 is 2.03 bits per heavy atom. The van der Waals surface area contributed by atoms with Gasteiger partial charge in [-0.2, -0.15) is 0 Å². The Morgan fingerprint density at radius 3 is 2.73 bits per heavy atom. The number of nitrogens with one attached hydrogen (secondary N) is 1. The largest absolute Gasteiger partial charge is 0.455 e. The summed E-state index contributed by atoms with van der Waals surface area (Å²) in [6.07, 6.45) is -0.105. The average molecular weight is 432 g/mol. The van der Waals surface area contributed by atoms with Crippen molar-refractivity contribution in [1.82, 2.24) is 0 Å². The lowest BCUT2D eigenvalue weighted by Gasteiger charge is -2.16. The first kappa shape index (κ1) is 21.3. The predicted octanol–water partition coefficient (Wildman–Crippen LogP) is 3.09. The van der Waals surface area contributed by atoms with Crippen molar-refractivity contribution in [3.63, 3.8) is 0 Å². The molecule has 0 aromatic heterocycles. The van der Waals surface area contributed by atoms with Gasteiger partial charge in [0.15, 0.2) is 6.61 Å². The number of rotatable bonds is 6. The molecule has 0 unspecified atom stereocenters. The number of amides is 2. The van der Waals surface area contributed by atoms with Crippen molar-refractivity contribution in [2.45, 2.75) is 13.3 Å². The molecule has 0 bridgehead atoms. The number of halogens is 1. The Balaban J connectivity index is 1.59. The summed E-state index contributed by atoms with van der Waals surface area (Å²) in [5.41, 5.74) is 1.09. The lowest BCUT2D eigenvalue weighted by atomic mass is 10.1. The second-order valence-corrected chi connectivity index (χ2v) is 7.18. The van der Waals surface area contributed by atoms with Crippen molar-refractivity contribution >= 4 is 46.4 Å². The number of nitrogens with zero attached hydrogens (tertiary/aromatic N) is 2. The number of anilines is 2. The van der Waals surface area contributed by atoms with E-state index in [0.717, 1.165) is 0 Å². The zero-order chi connectivity index (χ0) is 21.8. The van der Waals surface area contributed by atoms with Gasteiger partial charge in [-0.1, -0.05) is 29.8 Å². The lowest BCUT2D eigenvalue weighted by Crippen LogP contribution is -2.28. The Morgan fingerprint density at radius 1 is 1.30 bits per heavy atom. The molecule has 3 rings (SSSR count). The molecule has 1 aliphatic rings. The summed E-state index contributed by atoms with van der Waals surface area (Å²) in [6, 6.07) is 11.1. The van der Waals surface area contributed by atoms with Crippen molar-refractivity contribution in [3.8, 4) is 0 Å². The third-order valence-electron chi connectivity index (χ3n) is 4.65. The van der Waals surface area contributed by atoms with Crippen molar-refractivity contribution in [1.29, 1.82) is 0 Å². The summed E-state index contributed by atoms with van der Waals surface area (Å²) >= 11 is 5.96. The van der Waals surface area contributed by atoms with Gasteiger partial charge < -0.3 is 15.0 Å². The number of esters is 1. The molecule has 1 fully saturated rings. The van der Waals surface area contributed by atoms with E-state index in [9.17, 15) is 24.5 Å². The fraction of sp³-hybridized carbons (Fsp3) is 0.250. The summed E-state index contributed by atoms with van der Waals surface area (Å²) < 4.78 is 5.03. The molecular formula is C20H18ClN3O6. The maximum Gasteiger partial charge on any atom is 0.311 e. The molecule has 1 aliphatic heterocycles. The van der Waals surface area contributed by atoms with Crippen LogP contribution in [0.25, 0.3) is 0 Å². The zero-order valence-electron chi connectivity index (χ0n) is 16.0. The minimum absolute atomic E-state index is 0.0179. The van der Waals surface area contributed by atoms with Gasteiger partial charge in [-0.15, -0.1) is 0 Å². The van der Waals surface area contributed by atoms with E-state index in [4.69, 9.17) is 16.3 Å². The third-order valence-corrected chi connectivity index (χ3v) is 4.98. The Bertz CT molecular complexity index is 1030. The van der Waals surface area contributed by atoms with Crippen molar-refractivity contribution in [3.05, 3.63) is 63.2 Å². The highest BCUT2D eigenvalue weighted by molar-refractivity contribution is 6.33. The van der Waals surface area contributed by atoms with E-state index in [-0.39, 0.29) is 24.6 Å². The van der Waals surface area contributed by atoms with Crippen molar-refractivity contribution < 1.29 is 24.0 Å². The minimum atomic E-state index is -0.772. The first-order valence-corrected chi connectivity index (χ1v) is 9.40. The van der Waals surface area contributed by atoms with Crippen LogP contribution in [0.5, 0.6) is 0 Å². The van der Waals surface area contributed by atoms with Crippen LogP contribution in [0.1, 0.15) is 12.0 Å². The molecule has 0 spiro atoms. The molecule has 0 radical (unpaired) electrons. The van der Waals surface area contributed by atoms with Crippen molar-refractivity contribution in [2.75, 3.05) is 23.4 Å². The summed E-state index contributed by atoms with van der Waals surface area (Å²) in [5, 5.41) is 14.0. The zero-order valence-corrected chi connectivity index (χ0v) is 16.7. The number of hydrogen-bond acceptors (Lipinski definition) is 6. The van der Waals surface area contributed by atoms with Gasteiger partial charge >= 0.3 is 5.97 Å². The van der Waals surface area contributed by atoms with Gasteiger partial charge in [0.1, 0.15) is 0 Å². The van der Waals surface area contributed by atoms with Crippen LogP contribution in [-0.4, -0.2) is 35.9 Å². The van der Waals surface area contributed by atoms with Crippen LogP contribution in [0.2, 0.25) is 5.02 Å². The number of aryl methyl sites for hydroxylation is 1. The molecule has 2 aromatic rings. The van der Waals surface area contributed by atoms with Gasteiger partial charge in [-0.25, -0.2) is 0 Å². The van der Waals surface area contributed by atoms with E-state index < -0.39 is 29.3 Å². The molecule has 156 valence electrons. The summed E-state index contributed by atoms with van der Waals surface area (Å²) in [5.74, 6) is -2.38. The maximum absolute atomic E-state index is 12.3. The van der Waals surface area contributed by atoms with Gasteiger partial charge in [0.05, 0.1) is 27.2 Å². The topological polar surface area (TPSA) is 119 Å². The standard InChI is InChI=1S/C20H18ClN3O6/c1-12-6-7-14(9-17(12)24(28)29)23-10-13(8-19(23)26)20(27)30-11-18(25)22-16-5-3-2-4-15(16)21/h2-7,9,13H,8,10-11H2,1H3,(H,22,25)/t13-/m1/s1. The molecule has 2 aromatic carbocycles. The number of nitro benzene ring substituents is 1. The monoisotopic (exact) mass is 431 g/mol. The van der Waals surface area contributed by atoms with Crippen LogP contribution in [-0.2, 0) is 19.1 Å². The molecule has 9 nitrogen and oxygen atoms in total. The molecule has 1 heterocycles. The van der Waals surface area contributed by atoms with Crippen LogP contribution in [0.15, 0.2) is 42.5 Å². The van der Waals surface area contributed by atoms with Gasteiger partial charge in [-0.3, -0.25) is 24.5 Å². The molecule has 0 saturated carbocycles. The highest BCUT2D eigenvalue weighted by atomic mass is 35.5. The predicted molar refractivity (Wildman–Crippen MR) is 109 cm³/mol. The average Bonchev–Trinajstić information content (AvgIpc) is 3.10. The highest BCUT2D eigenvalue weighted by Gasteiger charge is 2.37. The fourth-order valence-corrected chi connectivity index (χ4v) is 3.26. The van der Waals surface area contributed by atoms with E-state index in [0.29, 0.717) is 22.0 Å². The van der Waals surface area contributed by atoms with E-state index in [2.05, 4.69) is 5.32 Å². The molecule has 1 N–H and O–H groups in total. The molecule has 2 amide bonds. The van der Waals surface area contributed by atoms with Gasteiger partial charge in [0, 0.05) is 24.6 Å². The first-order chi connectivity index (χ1) is 14.3. The third kappa shape index (κ3) is 4.74. The first-order valence-electron chi connectivity index (χ1n) is 9.02.